The summed E-state index contributed by atoms with van der Waals surface area (Å²) in [5.41, 5.74) is 0.738. The number of aromatic nitrogens is 1. The third kappa shape index (κ3) is 3.33. The predicted octanol–water partition coefficient (Wildman–Crippen LogP) is 2.63. The Bertz CT molecular complexity index is 643. The van der Waals surface area contributed by atoms with Crippen molar-refractivity contribution in [2.24, 2.45) is 5.92 Å². The Balaban J connectivity index is 1.63. The van der Waals surface area contributed by atoms with Crippen LogP contribution in [0.2, 0.25) is 0 Å². The highest BCUT2D eigenvalue weighted by Crippen LogP contribution is 2.21. The number of pyridine rings is 1. The van der Waals surface area contributed by atoms with Gasteiger partial charge in [-0.1, -0.05) is 6.07 Å². The van der Waals surface area contributed by atoms with Gasteiger partial charge in [0.05, 0.1) is 10.8 Å². The molecule has 2 aromatic heterocycles. The van der Waals surface area contributed by atoms with Crippen molar-refractivity contribution in [3.8, 4) is 0 Å². The third-order valence-corrected chi connectivity index (χ3v) is 4.62. The molecule has 1 aliphatic heterocycles. The summed E-state index contributed by atoms with van der Waals surface area (Å²) in [5.74, 6) is -0.169. The van der Waals surface area contributed by atoms with Gasteiger partial charge in [0.25, 0.3) is 5.91 Å². The summed E-state index contributed by atoms with van der Waals surface area (Å²) in [6, 6.07) is 7.22. The summed E-state index contributed by atoms with van der Waals surface area (Å²) in [4.78, 5) is 31.2. The highest BCUT2D eigenvalue weighted by atomic mass is 32.1. The lowest BCUT2D eigenvalue weighted by atomic mass is 9.97. The van der Waals surface area contributed by atoms with Crippen molar-refractivity contribution in [2.45, 2.75) is 12.8 Å². The Kier molecular flexibility index (Phi) is 4.48. The number of hydrogen-bond donors (Lipinski definition) is 1. The maximum Gasteiger partial charge on any atom is 0.263 e. The Morgan fingerprint density at radius 3 is 2.82 bits per heavy atom. The van der Waals surface area contributed by atoms with Crippen LogP contribution < -0.4 is 5.32 Å². The maximum atomic E-state index is 12.4. The fourth-order valence-corrected chi connectivity index (χ4v) is 3.30. The first-order valence-corrected chi connectivity index (χ1v) is 8.15. The molecular weight excluding hydrogens is 298 g/mol. The highest BCUT2D eigenvalue weighted by molar-refractivity contribution is 7.12. The lowest BCUT2D eigenvalue weighted by Gasteiger charge is -2.31. The molecular formula is C16H17N3O2S. The zero-order valence-electron chi connectivity index (χ0n) is 12.1. The van der Waals surface area contributed by atoms with Crippen molar-refractivity contribution in [3.63, 3.8) is 0 Å². The van der Waals surface area contributed by atoms with Crippen LogP contribution in [0.3, 0.4) is 0 Å². The van der Waals surface area contributed by atoms with Crippen molar-refractivity contribution in [1.82, 2.24) is 9.88 Å². The number of hydrogen-bond acceptors (Lipinski definition) is 4. The number of carbonyl (C=O) groups is 2. The Morgan fingerprint density at radius 2 is 2.09 bits per heavy atom. The summed E-state index contributed by atoms with van der Waals surface area (Å²) < 4.78 is 0. The molecule has 0 aliphatic carbocycles. The summed E-state index contributed by atoms with van der Waals surface area (Å²) in [6.45, 7) is 1.20. The molecule has 1 saturated heterocycles. The van der Waals surface area contributed by atoms with Crippen molar-refractivity contribution in [3.05, 3.63) is 46.9 Å². The number of amides is 2. The van der Waals surface area contributed by atoms with E-state index >= 15 is 0 Å². The zero-order chi connectivity index (χ0) is 15.4. The molecule has 0 bridgehead atoms. The number of piperidine rings is 1. The second kappa shape index (κ2) is 6.70. The summed E-state index contributed by atoms with van der Waals surface area (Å²) in [7, 11) is 0. The van der Waals surface area contributed by atoms with Gasteiger partial charge in [0, 0.05) is 31.2 Å². The lowest BCUT2D eigenvalue weighted by Crippen LogP contribution is -2.43. The van der Waals surface area contributed by atoms with Gasteiger partial charge in [0.15, 0.2) is 0 Å². The molecule has 6 heteroatoms. The SMILES string of the molecule is O=C(Nc1ccncc1)C1CCCN(C(=O)c2cccs2)C1. The van der Waals surface area contributed by atoms with E-state index in [4.69, 9.17) is 0 Å². The van der Waals surface area contributed by atoms with Crippen LogP contribution >= 0.6 is 11.3 Å². The van der Waals surface area contributed by atoms with Gasteiger partial charge in [-0.05, 0) is 36.4 Å². The molecule has 22 heavy (non-hydrogen) atoms. The summed E-state index contributed by atoms with van der Waals surface area (Å²) in [6.07, 6.45) is 4.95. The molecule has 2 aromatic rings. The molecule has 114 valence electrons. The Hall–Kier alpha value is -2.21. The Labute approximate surface area is 133 Å². The van der Waals surface area contributed by atoms with Crippen LogP contribution in [0.4, 0.5) is 5.69 Å². The maximum absolute atomic E-state index is 12.4. The van der Waals surface area contributed by atoms with Gasteiger partial charge in [-0.15, -0.1) is 11.3 Å². The van der Waals surface area contributed by atoms with E-state index < -0.39 is 0 Å². The van der Waals surface area contributed by atoms with Crippen molar-refractivity contribution < 1.29 is 9.59 Å². The molecule has 1 N–H and O–H groups in total. The van der Waals surface area contributed by atoms with Gasteiger partial charge in [-0.3, -0.25) is 14.6 Å². The second-order valence-corrected chi connectivity index (χ2v) is 6.24. The fourth-order valence-electron chi connectivity index (χ4n) is 2.61. The predicted molar refractivity (Wildman–Crippen MR) is 85.8 cm³/mol. The fraction of sp³-hybridized carbons (Fsp3) is 0.312. The monoisotopic (exact) mass is 315 g/mol. The van der Waals surface area contributed by atoms with E-state index in [1.54, 1.807) is 29.4 Å². The van der Waals surface area contributed by atoms with Gasteiger partial charge < -0.3 is 10.2 Å². The van der Waals surface area contributed by atoms with Crippen molar-refractivity contribution >= 4 is 28.8 Å². The van der Waals surface area contributed by atoms with E-state index in [0.717, 1.165) is 30.0 Å². The van der Waals surface area contributed by atoms with E-state index in [1.165, 1.54) is 11.3 Å². The number of anilines is 1. The highest BCUT2D eigenvalue weighted by Gasteiger charge is 2.29. The zero-order valence-corrected chi connectivity index (χ0v) is 12.9. The van der Waals surface area contributed by atoms with E-state index in [9.17, 15) is 9.59 Å². The number of likely N-dealkylation sites (tertiary alicyclic amines) is 1. The topological polar surface area (TPSA) is 62.3 Å². The van der Waals surface area contributed by atoms with Gasteiger partial charge in [-0.25, -0.2) is 0 Å². The number of nitrogens with one attached hydrogen (secondary N) is 1. The molecule has 1 unspecified atom stereocenters. The summed E-state index contributed by atoms with van der Waals surface area (Å²) in [5, 5.41) is 4.79. The van der Waals surface area contributed by atoms with Crippen LogP contribution in [0, 0.1) is 5.92 Å². The van der Waals surface area contributed by atoms with Gasteiger partial charge in [-0.2, -0.15) is 0 Å². The number of nitrogens with zero attached hydrogens (tertiary/aromatic N) is 2. The quantitative estimate of drug-likeness (QED) is 0.947. The molecule has 0 aromatic carbocycles. The molecule has 1 atom stereocenters. The van der Waals surface area contributed by atoms with Crippen LogP contribution in [-0.4, -0.2) is 34.8 Å². The first kappa shape index (κ1) is 14.7. The van der Waals surface area contributed by atoms with E-state index in [1.807, 2.05) is 17.5 Å². The summed E-state index contributed by atoms with van der Waals surface area (Å²) >= 11 is 1.44. The van der Waals surface area contributed by atoms with Crippen LogP contribution in [0.25, 0.3) is 0 Å². The molecule has 0 radical (unpaired) electrons. The molecule has 0 saturated carbocycles. The number of thiophene rings is 1. The van der Waals surface area contributed by atoms with Gasteiger partial charge in [0.1, 0.15) is 0 Å². The van der Waals surface area contributed by atoms with Crippen LogP contribution in [-0.2, 0) is 4.79 Å². The minimum absolute atomic E-state index is 0.0245. The molecule has 2 amide bonds. The second-order valence-electron chi connectivity index (χ2n) is 5.29. The van der Waals surface area contributed by atoms with Crippen LogP contribution in [0.15, 0.2) is 42.0 Å². The van der Waals surface area contributed by atoms with E-state index in [-0.39, 0.29) is 17.7 Å². The normalized spacial score (nSPS) is 18.0. The van der Waals surface area contributed by atoms with E-state index in [2.05, 4.69) is 10.3 Å². The molecule has 5 nitrogen and oxygen atoms in total. The molecule has 3 heterocycles. The van der Waals surface area contributed by atoms with E-state index in [0.29, 0.717) is 6.54 Å². The molecule has 3 rings (SSSR count). The molecule has 1 fully saturated rings. The number of carbonyl (C=O) groups excluding carboxylic acids is 2. The van der Waals surface area contributed by atoms with Crippen molar-refractivity contribution in [2.75, 3.05) is 18.4 Å². The van der Waals surface area contributed by atoms with Crippen LogP contribution in [0.5, 0.6) is 0 Å². The minimum Gasteiger partial charge on any atom is -0.337 e. The smallest absolute Gasteiger partial charge is 0.263 e. The van der Waals surface area contributed by atoms with Crippen molar-refractivity contribution in [1.29, 1.82) is 0 Å². The molecule has 1 aliphatic rings. The third-order valence-electron chi connectivity index (χ3n) is 3.76. The first-order chi connectivity index (χ1) is 10.7. The number of rotatable bonds is 3. The lowest BCUT2D eigenvalue weighted by molar-refractivity contribution is -0.121. The van der Waals surface area contributed by atoms with Gasteiger partial charge >= 0.3 is 0 Å². The minimum atomic E-state index is -0.161. The average Bonchev–Trinajstić information content (AvgIpc) is 3.09. The standard InChI is InChI=1S/C16H17N3O2S/c20-15(18-13-5-7-17-8-6-13)12-3-1-9-19(11-12)16(21)14-4-2-10-22-14/h2,4-8,10,12H,1,3,9,11H2,(H,17,18,20). The van der Waals surface area contributed by atoms with Gasteiger partial charge in [0.2, 0.25) is 5.91 Å². The Morgan fingerprint density at radius 1 is 1.27 bits per heavy atom. The van der Waals surface area contributed by atoms with Crippen LogP contribution in [0.1, 0.15) is 22.5 Å². The first-order valence-electron chi connectivity index (χ1n) is 7.28. The largest absolute Gasteiger partial charge is 0.337 e. The molecule has 0 spiro atoms. The average molecular weight is 315 g/mol.